The van der Waals surface area contributed by atoms with Gasteiger partial charge in [0.25, 0.3) is 0 Å². The number of aliphatic hydroxyl groups excluding tert-OH is 1. The smallest absolute Gasteiger partial charge is 0.119 e. The minimum absolute atomic E-state index is 0.304. The summed E-state index contributed by atoms with van der Waals surface area (Å²) < 4.78 is 10.7. The van der Waals surface area contributed by atoms with Crippen molar-refractivity contribution in [1.82, 2.24) is 4.90 Å². The van der Waals surface area contributed by atoms with Crippen LogP contribution in [-0.2, 0) is 11.3 Å². The number of ether oxygens (including phenoxy) is 2. The molecule has 1 saturated carbocycles. The second-order valence-electron chi connectivity index (χ2n) is 5.53. The Hall–Kier alpha value is -1.14. The predicted octanol–water partition coefficient (Wildman–Crippen LogP) is 0.996. The van der Waals surface area contributed by atoms with Gasteiger partial charge in [-0.3, -0.25) is 4.90 Å². The van der Waals surface area contributed by atoms with Crippen LogP contribution in [0.4, 0.5) is 0 Å². The second-order valence-corrected chi connectivity index (χ2v) is 5.53. The molecule has 5 nitrogen and oxygen atoms in total. The molecule has 3 N–H and O–H groups in total. The van der Waals surface area contributed by atoms with Crippen LogP contribution in [0.2, 0.25) is 0 Å². The summed E-state index contributed by atoms with van der Waals surface area (Å²) in [6.45, 7) is 3.03. The van der Waals surface area contributed by atoms with Crippen LogP contribution in [0, 0.1) is 0 Å². The average Bonchev–Trinajstić information content (AvgIpc) is 3.34. The van der Waals surface area contributed by atoms with Crippen molar-refractivity contribution in [2.75, 3.05) is 33.4 Å². The lowest BCUT2D eigenvalue weighted by Crippen LogP contribution is -2.38. The van der Waals surface area contributed by atoms with E-state index < -0.39 is 6.10 Å². The molecule has 1 fully saturated rings. The van der Waals surface area contributed by atoms with Gasteiger partial charge in [0.1, 0.15) is 18.5 Å². The van der Waals surface area contributed by atoms with E-state index in [4.69, 9.17) is 15.2 Å². The maximum atomic E-state index is 10.1. The Morgan fingerprint density at radius 2 is 2.05 bits per heavy atom. The Kier molecular flexibility index (Phi) is 6.45. The van der Waals surface area contributed by atoms with Crippen molar-refractivity contribution < 1.29 is 14.6 Å². The zero-order chi connectivity index (χ0) is 15.1. The van der Waals surface area contributed by atoms with Gasteiger partial charge in [0.15, 0.2) is 0 Å². The van der Waals surface area contributed by atoms with Crippen LogP contribution >= 0.6 is 0 Å². The molecule has 1 unspecified atom stereocenters. The summed E-state index contributed by atoms with van der Waals surface area (Å²) in [4.78, 5) is 2.29. The highest BCUT2D eigenvalue weighted by atomic mass is 16.5. The summed E-state index contributed by atoms with van der Waals surface area (Å²) in [5.74, 6) is 0.765. The van der Waals surface area contributed by atoms with Gasteiger partial charge in [0, 0.05) is 32.8 Å². The van der Waals surface area contributed by atoms with Crippen molar-refractivity contribution in [3.05, 3.63) is 29.8 Å². The predicted molar refractivity (Wildman–Crippen MR) is 82.3 cm³/mol. The first-order valence-corrected chi connectivity index (χ1v) is 7.55. The summed E-state index contributed by atoms with van der Waals surface area (Å²) in [6.07, 6.45) is 1.95. The highest BCUT2D eigenvalue weighted by Crippen LogP contribution is 2.26. The van der Waals surface area contributed by atoms with E-state index in [1.807, 2.05) is 24.3 Å². The van der Waals surface area contributed by atoms with Crippen LogP contribution in [0.15, 0.2) is 24.3 Å². The molecule has 0 bridgehead atoms. The van der Waals surface area contributed by atoms with Crippen molar-refractivity contribution >= 4 is 0 Å². The number of rotatable bonds is 10. The lowest BCUT2D eigenvalue weighted by Gasteiger charge is -2.24. The first-order valence-electron chi connectivity index (χ1n) is 7.55. The maximum Gasteiger partial charge on any atom is 0.119 e. The molecular weight excluding hydrogens is 268 g/mol. The van der Waals surface area contributed by atoms with E-state index in [1.165, 1.54) is 12.8 Å². The highest BCUT2D eigenvalue weighted by Gasteiger charge is 2.29. The maximum absolute atomic E-state index is 10.1. The van der Waals surface area contributed by atoms with Crippen molar-refractivity contribution in [2.45, 2.75) is 31.5 Å². The van der Waals surface area contributed by atoms with Crippen LogP contribution in [0.3, 0.4) is 0 Å². The molecule has 0 aromatic heterocycles. The van der Waals surface area contributed by atoms with Crippen molar-refractivity contribution in [2.24, 2.45) is 5.73 Å². The fourth-order valence-corrected chi connectivity index (χ4v) is 2.31. The van der Waals surface area contributed by atoms with Gasteiger partial charge in [0.05, 0.1) is 6.61 Å². The van der Waals surface area contributed by atoms with Crippen LogP contribution in [0.25, 0.3) is 0 Å². The standard InChI is InChI=1S/C16H26N2O3/c1-20-9-8-18(14-4-5-14)11-15(19)12-21-16-6-2-13(10-17)3-7-16/h2-3,6-7,14-15,19H,4-5,8-12,17H2,1H3. The first-order chi connectivity index (χ1) is 10.2. The summed E-state index contributed by atoms with van der Waals surface area (Å²) in [6, 6.07) is 8.27. The van der Waals surface area contributed by atoms with Crippen molar-refractivity contribution in [3.63, 3.8) is 0 Å². The van der Waals surface area contributed by atoms with Gasteiger partial charge in [0.2, 0.25) is 0 Å². The Morgan fingerprint density at radius 1 is 1.33 bits per heavy atom. The minimum Gasteiger partial charge on any atom is -0.491 e. The second kappa shape index (κ2) is 8.34. The average molecular weight is 294 g/mol. The number of aliphatic hydroxyl groups is 1. The molecule has 1 aromatic carbocycles. The molecule has 118 valence electrons. The SMILES string of the molecule is COCCN(CC(O)COc1ccc(CN)cc1)C1CC1. The molecular formula is C16H26N2O3. The molecule has 21 heavy (non-hydrogen) atoms. The molecule has 0 radical (unpaired) electrons. The number of benzene rings is 1. The summed E-state index contributed by atoms with van der Waals surface area (Å²) >= 11 is 0. The van der Waals surface area contributed by atoms with Crippen LogP contribution in [0.1, 0.15) is 18.4 Å². The Labute approximate surface area is 126 Å². The van der Waals surface area contributed by atoms with Gasteiger partial charge in [-0.1, -0.05) is 12.1 Å². The minimum atomic E-state index is -0.489. The Morgan fingerprint density at radius 3 is 2.62 bits per heavy atom. The van der Waals surface area contributed by atoms with Crippen LogP contribution < -0.4 is 10.5 Å². The van der Waals surface area contributed by atoms with Crippen LogP contribution in [0.5, 0.6) is 5.75 Å². The zero-order valence-electron chi connectivity index (χ0n) is 12.7. The molecule has 2 rings (SSSR count). The lowest BCUT2D eigenvalue weighted by atomic mass is 10.2. The molecule has 0 amide bonds. The molecule has 1 aromatic rings. The monoisotopic (exact) mass is 294 g/mol. The summed E-state index contributed by atoms with van der Waals surface area (Å²) in [5, 5.41) is 10.1. The van der Waals surface area contributed by atoms with Crippen molar-refractivity contribution in [1.29, 1.82) is 0 Å². The highest BCUT2D eigenvalue weighted by molar-refractivity contribution is 5.27. The third-order valence-electron chi connectivity index (χ3n) is 3.69. The molecule has 1 aliphatic rings. The van der Waals surface area contributed by atoms with Gasteiger partial charge in [-0.05, 0) is 30.5 Å². The molecule has 0 spiro atoms. The van der Waals surface area contributed by atoms with E-state index in [0.717, 1.165) is 17.9 Å². The van der Waals surface area contributed by atoms with Gasteiger partial charge in [-0.15, -0.1) is 0 Å². The van der Waals surface area contributed by atoms with E-state index in [0.29, 0.717) is 32.3 Å². The number of hydrogen-bond acceptors (Lipinski definition) is 5. The van der Waals surface area contributed by atoms with Crippen molar-refractivity contribution in [3.8, 4) is 5.75 Å². The molecule has 5 heteroatoms. The summed E-state index contributed by atoms with van der Waals surface area (Å²) in [7, 11) is 1.70. The number of nitrogens with zero attached hydrogens (tertiary/aromatic N) is 1. The van der Waals surface area contributed by atoms with E-state index in [2.05, 4.69) is 4.90 Å². The first kappa shape index (κ1) is 16.2. The van der Waals surface area contributed by atoms with E-state index in [9.17, 15) is 5.11 Å². The summed E-state index contributed by atoms with van der Waals surface area (Å²) in [5.41, 5.74) is 6.63. The van der Waals surface area contributed by atoms with Crippen LogP contribution in [-0.4, -0.2) is 55.6 Å². The third-order valence-corrected chi connectivity index (χ3v) is 3.69. The Bertz CT molecular complexity index is 406. The van der Waals surface area contributed by atoms with E-state index in [1.54, 1.807) is 7.11 Å². The van der Waals surface area contributed by atoms with Gasteiger partial charge in [-0.2, -0.15) is 0 Å². The number of hydrogen-bond donors (Lipinski definition) is 2. The van der Waals surface area contributed by atoms with E-state index >= 15 is 0 Å². The van der Waals surface area contributed by atoms with E-state index in [-0.39, 0.29) is 0 Å². The fourth-order valence-electron chi connectivity index (χ4n) is 2.31. The molecule has 0 aliphatic heterocycles. The molecule has 1 aliphatic carbocycles. The fraction of sp³-hybridized carbons (Fsp3) is 0.625. The largest absolute Gasteiger partial charge is 0.491 e. The normalized spacial score (nSPS) is 16.2. The molecule has 0 saturated heterocycles. The topological polar surface area (TPSA) is 68.0 Å². The quantitative estimate of drug-likeness (QED) is 0.674. The van der Waals surface area contributed by atoms with Gasteiger partial charge < -0.3 is 20.3 Å². The zero-order valence-corrected chi connectivity index (χ0v) is 12.7. The van der Waals surface area contributed by atoms with Gasteiger partial charge in [-0.25, -0.2) is 0 Å². The Balaban J connectivity index is 1.73. The lowest BCUT2D eigenvalue weighted by molar-refractivity contribution is 0.0540. The third kappa shape index (κ3) is 5.63. The number of methoxy groups -OCH3 is 1. The molecule has 0 heterocycles. The van der Waals surface area contributed by atoms with Gasteiger partial charge >= 0.3 is 0 Å². The molecule has 1 atom stereocenters. The number of nitrogens with two attached hydrogens (primary N) is 1.